The van der Waals surface area contributed by atoms with Gasteiger partial charge in [-0.15, -0.1) is 0 Å². The van der Waals surface area contributed by atoms with Gasteiger partial charge in [-0.05, 0) is 22.3 Å². The van der Waals surface area contributed by atoms with Crippen molar-refractivity contribution in [2.24, 2.45) is 0 Å². The highest BCUT2D eigenvalue weighted by atomic mass is 19.4. The third kappa shape index (κ3) is 6.70. The molecule has 1 aliphatic carbocycles. The number of aliphatic carboxylic acids is 1. The van der Waals surface area contributed by atoms with Crippen molar-refractivity contribution in [3.8, 4) is 11.1 Å². The van der Waals surface area contributed by atoms with E-state index in [4.69, 9.17) is 9.84 Å². The van der Waals surface area contributed by atoms with Crippen molar-refractivity contribution in [3.63, 3.8) is 0 Å². The Kier molecular flexibility index (Phi) is 8.30. The minimum absolute atomic E-state index is 0.175. The number of ether oxygens (including phenoxy) is 2. The molecular weight excluding hydrogens is 473 g/mol. The lowest BCUT2D eigenvalue weighted by molar-refractivity contribution is -0.170. The van der Waals surface area contributed by atoms with E-state index in [0.717, 1.165) is 22.3 Å². The van der Waals surface area contributed by atoms with E-state index >= 15 is 0 Å². The second-order valence-corrected chi connectivity index (χ2v) is 7.71. The van der Waals surface area contributed by atoms with Crippen molar-refractivity contribution in [1.82, 2.24) is 10.8 Å². The fourth-order valence-corrected chi connectivity index (χ4v) is 3.73. The number of rotatable bonds is 10. The van der Waals surface area contributed by atoms with Crippen LogP contribution in [-0.4, -0.2) is 61.7 Å². The van der Waals surface area contributed by atoms with Gasteiger partial charge in [-0.2, -0.15) is 13.2 Å². The van der Waals surface area contributed by atoms with Crippen LogP contribution in [0.4, 0.5) is 18.0 Å². The summed E-state index contributed by atoms with van der Waals surface area (Å²) in [6, 6.07) is 12.9. The van der Waals surface area contributed by atoms with Crippen molar-refractivity contribution < 1.29 is 47.0 Å². The molecule has 2 unspecified atom stereocenters. The average molecular weight is 496 g/mol. The lowest BCUT2D eigenvalue weighted by Crippen LogP contribution is -2.50. The first kappa shape index (κ1) is 26.0. The molecule has 0 fully saturated rings. The minimum Gasteiger partial charge on any atom is -0.479 e. The second kappa shape index (κ2) is 11.2. The molecular formula is C23H23F3N2O7. The zero-order valence-corrected chi connectivity index (χ0v) is 18.5. The number of carbonyl (C=O) groups is 3. The Morgan fingerprint density at radius 1 is 1.03 bits per heavy atom. The van der Waals surface area contributed by atoms with Gasteiger partial charge in [0.25, 0.3) is 5.91 Å². The molecule has 2 aromatic rings. The number of hydroxylamine groups is 1. The number of carboxylic acids is 1. The summed E-state index contributed by atoms with van der Waals surface area (Å²) in [4.78, 5) is 40.2. The van der Waals surface area contributed by atoms with Crippen LogP contribution < -0.4 is 10.8 Å². The van der Waals surface area contributed by atoms with Crippen molar-refractivity contribution in [1.29, 1.82) is 0 Å². The van der Waals surface area contributed by atoms with E-state index in [9.17, 15) is 27.6 Å². The molecule has 1 aliphatic rings. The Bertz CT molecular complexity index is 1030. The molecule has 0 spiro atoms. The van der Waals surface area contributed by atoms with Crippen LogP contribution in [-0.2, 0) is 23.9 Å². The van der Waals surface area contributed by atoms with E-state index in [1.54, 1.807) is 5.48 Å². The molecule has 0 aromatic heterocycles. The first-order valence-corrected chi connectivity index (χ1v) is 10.5. The number of fused-ring (bicyclic) bond motifs is 3. The number of benzene rings is 2. The third-order valence-electron chi connectivity index (χ3n) is 5.28. The van der Waals surface area contributed by atoms with E-state index in [0.29, 0.717) is 0 Å². The zero-order valence-electron chi connectivity index (χ0n) is 18.5. The predicted molar refractivity (Wildman–Crippen MR) is 115 cm³/mol. The van der Waals surface area contributed by atoms with Crippen molar-refractivity contribution in [2.45, 2.75) is 30.7 Å². The summed E-state index contributed by atoms with van der Waals surface area (Å²) in [5.74, 6) is -3.25. The Morgan fingerprint density at radius 3 is 2.11 bits per heavy atom. The van der Waals surface area contributed by atoms with E-state index < -0.39 is 49.3 Å². The fraction of sp³-hybridized carbons (Fsp3) is 0.348. The number of methoxy groups -OCH3 is 1. The molecule has 0 bridgehead atoms. The molecule has 35 heavy (non-hydrogen) atoms. The minimum atomic E-state index is -4.82. The van der Waals surface area contributed by atoms with Gasteiger partial charge in [0.2, 0.25) is 6.10 Å². The van der Waals surface area contributed by atoms with Crippen LogP contribution in [0.5, 0.6) is 0 Å². The summed E-state index contributed by atoms with van der Waals surface area (Å²) in [6.45, 7) is -0.648. The number of carboxylic acid groups (broad SMARTS) is 1. The molecule has 0 radical (unpaired) electrons. The van der Waals surface area contributed by atoms with E-state index in [2.05, 4.69) is 9.57 Å². The van der Waals surface area contributed by atoms with Gasteiger partial charge in [-0.1, -0.05) is 48.5 Å². The van der Waals surface area contributed by atoms with Gasteiger partial charge >= 0.3 is 18.2 Å². The smallest absolute Gasteiger partial charge is 0.407 e. The largest absolute Gasteiger partial charge is 0.479 e. The SMILES string of the molecule is COCC(ONC(=O)C(CC(F)(F)F)NC(=O)OCC1c2ccccc2-c2ccccc21)C(=O)O. The normalized spacial score (nSPS) is 14.4. The number of alkyl halides is 3. The van der Waals surface area contributed by atoms with Crippen LogP contribution >= 0.6 is 0 Å². The van der Waals surface area contributed by atoms with Crippen molar-refractivity contribution >= 4 is 18.0 Å². The molecule has 9 nitrogen and oxygen atoms in total. The van der Waals surface area contributed by atoms with Gasteiger partial charge in [0.15, 0.2) is 0 Å². The topological polar surface area (TPSA) is 123 Å². The number of hydrogen-bond acceptors (Lipinski definition) is 6. The maximum Gasteiger partial charge on any atom is 0.407 e. The molecule has 3 N–H and O–H groups in total. The molecule has 3 rings (SSSR count). The number of halogens is 3. The highest BCUT2D eigenvalue weighted by Gasteiger charge is 2.38. The fourth-order valence-electron chi connectivity index (χ4n) is 3.73. The maximum absolute atomic E-state index is 13.0. The van der Waals surface area contributed by atoms with Crippen LogP contribution in [0.25, 0.3) is 11.1 Å². The number of nitrogens with one attached hydrogen (secondary N) is 2. The highest BCUT2D eigenvalue weighted by Crippen LogP contribution is 2.44. The quantitative estimate of drug-likeness (QED) is 0.432. The first-order valence-electron chi connectivity index (χ1n) is 10.5. The number of hydrogen-bond donors (Lipinski definition) is 3. The Morgan fingerprint density at radius 2 is 1.60 bits per heavy atom. The summed E-state index contributed by atoms with van der Waals surface area (Å²) >= 11 is 0. The van der Waals surface area contributed by atoms with Gasteiger partial charge in [-0.25, -0.2) is 15.1 Å². The average Bonchev–Trinajstić information content (AvgIpc) is 3.12. The maximum atomic E-state index is 13.0. The number of carbonyl (C=O) groups excluding carboxylic acids is 2. The van der Waals surface area contributed by atoms with Gasteiger partial charge < -0.3 is 19.9 Å². The molecule has 188 valence electrons. The van der Waals surface area contributed by atoms with Crippen molar-refractivity contribution in [3.05, 3.63) is 59.7 Å². The molecule has 0 saturated carbocycles. The van der Waals surface area contributed by atoms with Crippen LogP contribution in [0.2, 0.25) is 0 Å². The lowest BCUT2D eigenvalue weighted by atomic mass is 9.98. The monoisotopic (exact) mass is 496 g/mol. The zero-order chi connectivity index (χ0) is 25.6. The second-order valence-electron chi connectivity index (χ2n) is 7.71. The molecule has 0 heterocycles. The van der Waals surface area contributed by atoms with Gasteiger partial charge in [0.05, 0.1) is 13.0 Å². The first-order chi connectivity index (χ1) is 16.6. The van der Waals surface area contributed by atoms with E-state index in [1.165, 1.54) is 7.11 Å². The molecule has 12 heteroatoms. The Balaban J connectivity index is 1.65. The summed E-state index contributed by atoms with van der Waals surface area (Å²) in [5, 5.41) is 10.9. The van der Waals surface area contributed by atoms with Gasteiger partial charge in [-0.3, -0.25) is 9.63 Å². The Labute approximate surface area is 198 Å². The van der Waals surface area contributed by atoms with Crippen LogP contribution in [0.15, 0.2) is 48.5 Å². The van der Waals surface area contributed by atoms with Crippen LogP contribution in [0, 0.1) is 0 Å². The molecule has 0 saturated heterocycles. The molecule has 0 aliphatic heterocycles. The Hall–Kier alpha value is -3.64. The van der Waals surface area contributed by atoms with E-state index in [1.807, 2.05) is 53.8 Å². The number of amides is 2. The molecule has 2 atom stereocenters. The third-order valence-corrected chi connectivity index (χ3v) is 5.28. The standard InChI is InChI=1S/C23H23F3N2O7/c1-33-12-19(21(30)31)35-28-20(29)18(10-23(24,25)26)27-22(32)34-11-17-15-8-4-2-6-13(15)14-7-3-5-9-16(14)17/h2-9,17-19H,10-12H2,1H3,(H,27,32)(H,28,29)(H,30,31). The summed E-state index contributed by atoms with van der Waals surface area (Å²) in [7, 11) is 1.17. The number of alkyl carbamates (subject to hydrolysis) is 1. The summed E-state index contributed by atoms with van der Waals surface area (Å²) < 4.78 is 48.8. The van der Waals surface area contributed by atoms with Gasteiger partial charge in [0.1, 0.15) is 12.6 Å². The predicted octanol–water partition coefficient (Wildman–Crippen LogP) is 2.99. The van der Waals surface area contributed by atoms with Crippen LogP contribution in [0.3, 0.4) is 0 Å². The summed E-state index contributed by atoms with van der Waals surface area (Å²) in [6.07, 6.45) is -9.46. The highest BCUT2D eigenvalue weighted by molar-refractivity contribution is 5.85. The van der Waals surface area contributed by atoms with E-state index in [-0.39, 0.29) is 12.5 Å². The summed E-state index contributed by atoms with van der Waals surface area (Å²) in [5.41, 5.74) is 5.36. The lowest BCUT2D eigenvalue weighted by Gasteiger charge is -2.21. The molecule has 2 amide bonds. The van der Waals surface area contributed by atoms with Crippen LogP contribution in [0.1, 0.15) is 23.5 Å². The van der Waals surface area contributed by atoms with Crippen molar-refractivity contribution in [2.75, 3.05) is 20.3 Å². The molecule has 2 aromatic carbocycles. The van der Waals surface area contributed by atoms with Gasteiger partial charge in [0, 0.05) is 13.0 Å².